The number of rotatable bonds is 4. The van der Waals surface area contributed by atoms with E-state index < -0.39 is 0 Å². The molecule has 2 amide bonds. The van der Waals surface area contributed by atoms with Gasteiger partial charge in [-0.2, -0.15) is 0 Å². The maximum absolute atomic E-state index is 11.6. The normalized spacial score (nSPS) is 14.4. The number of nitrogen functional groups attached to an aromatic ring is 1. The van der Waals surface area contributed by atoms with Crippen LogP contribution in [0.3, 0.4) is 0 Å². The molecule has 0 saturated heterocycles. The monoisotopic (exact) mass is 276 g/mol. The number of anilines is 3. The van der Waals surface area contributed by atoms with E-state index in [0.717, 1.165) is 16.9 Å². The average Bonchev–Trinajstić information content (AvgIpc) is 2.75. The van der Waals surface area contributed by atoms with Crippen LogP contribution < -0.4 is 21.3 Å². The van der Waals surface area contributed by atoms with Gasteiger partial charge in [-0.3, -0.25) is 9.59 Å². The van der Waals surface area contributed by atoms with E-state index >= 15 is 0 Å². The van der Waals surface area contributed by atoms with Crippen LogP contribution in [-0.2, 0) is 16.0 Å². The van der Waals surface area contributed by atoms with Crippen LogP contribution in [0.25, 0.3) is 0 Å². The van der Waals surface area contributed by atoms with Crippen molar-refractivity contribution in [2.24, 2.45) is 5.92 Å². The van der Waals surface area contributed by atoms with Crippen LogP contribution in [0.1, 0.15) is 12.5 Å². The van der Waals surface area contributed by atoms with Crippen LogP contribution in [0, 0.1) is 5.92 Å². The van der Waals surface area contributed by atoms with Crippen LogP contribution in [0.15, 0.2) is 12.1 Å². The van der Waals surface area contributed by atoms with E-state index in [0.29, 0.717) is 18.7 Å². The number of carbonyl (C=O) groups excluding carboxylic acids is 2. The molecule has 1 heterocycles. The van der Waals surface area contributed by atoms with Gasteiger partial charge in [0.25, 0.3) is 0 Å². The quantitative estimate of drug-likeness (QED) is 0.702. The van der Waals surface area contributed by atoms with Gasteiger partial charge in [0.1, 0.15) is 0 Å². The first-order chi connectivity index (χ1) is 9.42. The lowest BCUT2D eigenvalue weighted by molar-refractivity contribution is -0.123. The maximum atomic E-state index is 11.6. The van der Waals surface area contributed by atoms with E-state index in [1.165, 1.54) is 0 Å². The first-order valence-corrected chi connectivity index (χ1v) is 6.57. The Balaban J connectivity index is 2.19. The molecule has 1 unspecified atom stereocenters. The largest absolute Gasteiger partial charge is 0.397 e. The van der Waals surface area contributed by atoms with E-state index in [4.69, 9.17) is 5.73 Å². The standard InChI is InChI=1S/C14H20N4O2/c1-8(14(20)16-2)7-18(3)12-6-11-9(4-10(12)15)5-13(19)17-11/h4,6,8H,5,7,15H2,1-3H3,(H,16,20)(H,17,19). The van der Waals surface area contributed by atoms with Gasteiger partial charge in [0.2, 0.25) is 11.8 Å². The molecule has 1 atom stereocenters. The molecule has 1 aromatic rings. The number of nitrogens with zero attached hydrogens (tertiary/aromatic N) is 1. The second-order valence-corrected chi connectivity index (χ2v) is 5.19. The minimum atomic E-state index is -0.146. The second kappa shape index (κ2) is 5.40. The fraction of sp³-hybridized carbons (Fsp3) is 0.429. The highest BCUT2D eigenvalue weighted by Crippen LogP contribution is 2.33. The Morgan fingerprint density at radius 3 is 2.90 bits per heavy atom. The van der Waals surface area contributed by atoms with Crippen LogP contribution >= 0.6 is 0 Å². The summed E-state index contributed by atoms with van der Waals surface area (Å²) in [6, 6.07) is 3.69. The summed E-state index contributed by atoms with van der Waals surface area (Å²) in [6.07, 6.45) is 0.373. The molecule has 2 rings (SSSR count). The maximum Gasteiger partial charge on any atom is 0.228 e. The third-order valence-corrected chi connectivity index (χ3v) is 3.53. The molecule has 0 aliphatic carbocycles. The van der Waals surface area contributed by atoms with Crippen LogP contribution in [0.4, 0.5) is 17.1 Å². The Hall–Kier alpha value is -2.24. The molecule has 0 spiro atoms. The predicted octanol–water partition coefficient (Wildman–Crippen LogP) is 0.582. The Morgan fingerprint density at radius 1 is 1.55 bits per heavy atom. The summed E-state index contributed by atoms with van der Waals surface area (Å²) in [5.41, 5.74) is 9.21. The Bertz CT molecular complexity index is 556. The molecule has 0 aromatic heterocycles. The molecule has 1 aliphatic heterocycles. The molecule has 0 saturated carbocycles. The second-order valence-electron chi connectivity index (χ2n) is 5.19. The lowest BCUT2D eigenvalue weighted by Crippen LogP contribution is -2.34. The number of fused-ring (bicyclic) bond motifs is 1. The topological polar surface area (TPSA) is 87.5 Å². The smallest absolute Gasteiger partial charge is 0.228 e. The number of nitrogens with one attached hydrogen (secondary N) is 2. The van der Waals surface area contributed by atoms with Gasteiger partial charge in [-0.25, -0.2) is 0 Å². The highest BCUT2D eigenvalue weighted by atomic mass is 16.2. The lowest BCUT2D eigenvalue weighted by Gasteiger charge is -2.24. The molecule has 4 N–H and O–H groups in total. The molecular formula is C14H20N4O2. The summed E-state index contributed by atoms with van der Waals surface area (Å²) < 4.78 is 0. The number of nitrogens with two attached hydrogens (primary N) is 1. The molecule has 0 radical (unpaired) electrons. The summed E-state index contributed by atoms with van der Waals surface area (Å²) in [7, 11) is 3.51. The van der Waals surface area contributed by atoms with Gasteiger partial charge in [0.15, 0.2) is 0 Å². The van der Waals surface area contributed by atoms with Crippen molar-refractivity contribution in [3.8, 4) is 0 Å². The fourth-order valence-corrected chi connectivity index (χ4v) is 2.45. The van der Waals surface area contributed by atoms with E-state index in [1.807, 2.05) is 31.0 Å². The van der Waals surface area contributed by atoms with Crippen molar-refractivity contribution >= 4 is 28.9 Å². The van der Waals surface area contributed by atoms with Crippen molar-refractivity contribution in [1.82, 2.24) is 5.32 Å². The molecule has 6 nitrogen and oxygen atoms in total. The molecule has 108 valence electrons. The van der Waals surface area contributed by atoms with Gasteiger partial charge >= 0.3 is 0 Å². The summed E-state index contributed by atoms with van der Waals surface area (Å²) in [6.45, 7) is 2.41. The van der Waals surface area contributed by atoms with E-state index in [-0.39, 0.29) is 17.7 Å². The van der Waals surface area contributed by atoms with Crippen LogP contribution in [-0.4, -0.2) is 32.5 Å². The van der Waals surface area contributed by atoms with Crippen molar-refractivity contribution < 1.29 is 9.59 Å². The summed E-state index contributed by atoms with van der Waals surface area (Å²) in [4.78, 5) is 24.9. The third-order valence-electron chi connectivity index (χ3n) is 3.53. The first-order valence-electron chi connectivity index (χ1n) is 6.57. The Morgan fingerprint density at radius 2 is 2.25 bits per heavy atom. The number of benzene rings is 1. The van der Waals surface area contributed by atoms with Crippen molar-refractivity contribution in [3.05, 3.63) is 17.7 Å². The van der Waals surface area contributed by atoms with Crippen molar-refractivity contribution in [2.45, 2.75) is 13.3 Å². The molecule has 1 aromatic carbocycles. The van der Waals surface area contributed by atoms with Gasteiger partial charge in [-0.05, 0) is 17.7 Å². The summed E-state index contributed by atoms with van der Waals surface area (Å²) >= 11 is 0. The fourth-order valence-electron chi connectivity index (χ4n) is 2.45. The molecular weight excluding hydrogens is 256 g/mol. The number of hydrogen-bond acceptors (Lipinski definition) is 4. The summed E-state index contributed by atoms with van der Waals surface area (Å²) in [5.74, 6) is -0.171. The third kappa shape index (κ3) is 2.68. The predicted molar refractivity (Wildman–Crippen MR) is 79.7 cm³/mol. The van der Waals surface area contributed by atoms with Gasteiger partial charge in [0, 0.05) is 26.3 Å². The van der Waals surface area contributed by atoms with E-state index in [1.54, 1.807) is 7.05 Å². The molecule has 1 aliphatic rings. The van der Waals surface area contributed by atoms with E-state index in [2.05, 4.69) is 10.6 Å². The first kappa shape index (κ1) is 14.2. The zero-order valence-electron chi connectivity index (χ0n) is 12.0. The van der Waals surface area contributed by atoms with E-state index in [9.17, 15) is 9.59 Å². The highest BCUT2D eigenvalue weighted by Gasteiger charge is 2.21. The van der Waals surface area contributed by atoms with Crippen LogP contribution in [0.5, 0.6) is 0 Å². The zero-order valence-corrected chi connectivity index (χ0v) is 12.0. The molecule has 20 heavy (non-hydrogen) atoms. The Kier molecular flexibility index (Phi) is 3.83. The molecule has 0 fully saturated rings. The zero-order chi connectivity index (χ0) is 14.9. The Labute approximate surface area is 118 Å². The van der Waals surface area contributed by atoms with Crippen molar-refractivity contribution in [1.29, 1.82) is 0 Å². The summed E-state index contributed by atoms with van der Waals surface area (Å²) in [5, 5.41) is 5.44. The van der Waals surface area contributed by atoms with Gasteiger partial charge in [-0.15, -0.1) is 0 Å². The number of hydrogen-bond donors (Lipinski definition) is 3. The van der Waals surface area contributed by atoms with Crippen molar-refractivity contribution in [2.75, 3.05) is 36.6 Å². The number of amides is 2. The minimum absolute atomic E-state index is 0.00937. The lowest BCUT2D eigenvalue weighted by atomic mass is 10.1. The average molecular weight is 276 g/mol. The van der Waals surface area contributed by atoms with Crippen LogP contribution in [0.2, 0.25) is 0 Å². The molecule has 6 heteroatoms. The SMILES string of the molecule is CNC(=O)C(C)CN(C)c1cc2c(cc1N)CC(=O)N2. The van der Waals surface area contributed by atoms with Crippen molar-refractivity contribution in [3.63, 3.8) is 0 Å². The number of carbonyl (C=O) groups is 2. The minimum Gasteiger partial charge on any atom is -0.397 e. The van der Waals surface area contributed by atoms with Gasteiger partial charge < -0.3 is 21.3 Å². The molecule has 0 bridgehead atoms. The highest BCUT2D eigenvalue weighted by molar-refractivity contribution is 6.01. The van der Waals surface area contributed by atoms with Gasteiger partial charge in [-0.1, -0.05) is 6.92 Å². The van der Waals surface area contributed by atoms with Gasteiger partial charge in [0.05, 0.1) is 23.7 Å².